The third kappa shape index (κ3) is 6.94. The molecule has 6 nitrogen and oxygen atoms in total. The highest BCUT2D eigenvalue weighted by Gasteiger charge is 2.21. The first-order valence-electron chi connectivity index (χ1n) is 8.58. The van der Waals surface area contributed by atoms with Gasteiger partial charge in [0.05, 0.1) is 0 Å². The molecule has 0 aromatic heterocycles. The van der Waals surface area contributed by atoms with Crippen molar-refractivity contribution >= 4 is 12.0 Å². The van der Waals surface area contributed by atoms with Crippen molar-refractivity contribution in [2.75, 3.05) is 13.2 Å². The molecule has 0 spiro atoms. The van der Waals surface area contributed by atoms with E-state index in [0.717, 1.165) is 11.1 Å². The first kappa shape index (κ1) is 19.5. The van der Waals surface area contributed by atoms with E-state index in [1.807, 2.05) is 60.7 Å². The molecule has 3 N–H and O–H groups in total. The summed E-state index contributed by atoms with van der Waals surface area (Å²) in [7, 11) is 0. The highest BCUT2D eigenvalue weighted by Crippen LogP contribution is 2.05. The van der Waals surface area contributed by atoms with Crippen molar-refractivity contribution in [3.63, 3.8) is 0 Å². The van der Waals surface area contributed by atoms with Gasteiger partial charge in [-0.3, -0.25) is 4.79 Å². The van der Waals surface area contributed by atoms with Gasteiger partial charge >= 0.3 is 6.09 Å². The highest BCUT2D eigenvalue weighted by atomic mass is 16.5. The fourth-order valence-corrected chi connectivity index (χ4v) is 2.38. The molecule has 0 aliphatic rings. The standard InChI is InChI=1S/C20H24N2O4/c23-13-7-12-21-19(24)18(14-16-8-3-1-4-9-16)22-20(25)26-15-17-10-5-2-6-11-17/h1-6,8-11,18,23H,7,12-15H2,(H,21,24)(H,22,25)/t18-/m1/s1. The molecule has 2 aromatic rings. The van der Waals surface area contributed by atoms with Crippen molar-refractivity contribution in [2.24, 2.45) is 0 Å². The summed E-state index contributed by atoms with van der Waals surface area (Å²) >= 11 is 0. The summed E-state index contributed by atoms with van der Waals surface area (Å²) in [4.78, 5) is 24.5. The van der Waals surface area contributed by atoms with Gasteiger partial charge in [-0.2, -0.15) is 0 Å². The Morgan fingerprint density at radius 3 is 2.19 bits per heavy atom. The van der Waals surface area contributed by atoms with Gasteiger partial charge in [0.25, 0.3) is 0 Å². The van der Waals surface area contributed by atoms with Crippen LogP contribution in [-0.4, -0.2) is 36.3 Å². The zero-order valence-corrected chi connectivity index (χ0v) is 14.6. The molecular formula is C20H24N2O4. The normalized spacial score (nSPS) is 11.4. The summed E-state index contributed by atoms with van der Waals surface area (Å²) in [5.74, 6) is -0.307. The van der Waals surface area contributed by atoms with Crippen LogP contribution in [0.25, 0.3) is 0 Å². The molecule has 0 aliphatic heterocycles. The number of hydrogen-bond donors (Lipinski definition) is 3. The number of aliphatic hydroxyl groups excluding tert-OH is 1. The Balaban J connectivity index is 1.93. The first-order valence-corrected chi connectivity index (χ1v) is 8.58. The van der Waals surface area contributed by atoms with E-state index in [4.69, 9.17) is 9.84 Å². The molecule has 0 radical (unpaired) electrons. The molecule has 6 heteroatoms. The number of aliphatic hydroxyl groups is 1. The number of carbonyl (C=O) groups excluding carboxylic acids is 2. The lowest BCUT2D eigenvalue weighted by atomic mass is 10.1. The van der Waals surface area contributed by atoms with Gasteiger partial charge in [0, 0.05) is 19.6 Å². The molecule has 1 atom stereocenters. The number of rotatable bonds is 9. The molecule has 138 valence electrons. The van der Waals surface area contributed by atoms with Gasteiger partial charge < -0.3 is 20.5 Å². The first-order chi connectivity index (χ1) is 12.7. The monoisotopic (exact) mass is 356 g/mol. The predicted molar refractivity (Wildman–Crippen MR) is 98.4 cm³/mol. The Hall–Kier alpha value is -2.86. The summed E-state index contributed by atoms with van der Waals surface area (Å²) in [6.45, 7) is 0.481. The second kappa shape index (κ2) is 10.9. The van der Waals surface area contributed by atoms with Crippen LogP contribution < -0.4 is 10.6 Å². The molecule has 0 bridgehead atoms. The van der Waals surface area contributed by atoms with Crippen LogP contribution in [0.15, 0.2) is 60.7 Å². The van der Waals surface area contributed by atoms with Crippen LogP contribution in [0.4, 0.5) is 4.79 Å². The van der Waals surface area contributed by atoms with Crippen LogP contribution in [0, 0.1) is 0 Å². The third-order valence-electron chi connectivity index (χ3n) is 3.74. The maximum absolute atomic E-state index is 12.4. The van der Waals surface area contributed by atoms with Crippen LogP contribution in [0.1, 0.15) is 17.5 Å². The van der Waals surface area contributed by atoms with Gasteiger partial charge in [-0.05, 0) is 17.5 Å². The van der Waals surface area contributed by atoms with Crippen LogP contribution in [-0.2, 0) is 22.6 Å². The van der Waals surface area contributed by atoms with E-state index in [-0.39, 0.29) is 19.1 Å². The minimum absolute atomic E-state index is 0.00379. The Labute approximate surface area is 153 Å². The van der Waals surface area contributed by atoms with Gasteiger partial charge in [-0.15, -0.1) is 0 Å². The van der Waals surface area contributed by atoms with Crippen LogP contribution in [0.5, 0.6) is 0 Å². The largest absolute Gasteiger partial charge is 0.445 e. The molecule has 0 heterocycles. The second-order valence-corrected chi connectivity index (χ2v) is 5.82. The van der Waals surface area contributed by atoms with Crippen LogP contribution >= 0.6 is 0 Å². The molecule has 0 fully saturated rings. The van der Waals surface area contributed by atoms with E-state index in [1.165, 1.54) is 0 Å². The van der Waals surface area contributed by atoms with Crippen molar-refractivity contribution in [3.8, 4) is 0 Å². The van der Waals surface area contributed by atoms with Crippen LogP contribution in [0.3, 0.4) is 0 Å². The van der Waals surface area contributed by atoms with Gasteiger partial charge in [0.15, 0.2) is 0 Å². The van der Waals surface area contributed by atoms with Crippen molar-refractivity contribution in [1.29, 1.82) is 0 Å². The van der Waals surface area contributed by atoms with Crippen molar-refractivity contribution in [1.82, 2.24) is 10.6 Å². The lowest BCUT2D eigenvalue weighted by molar-refractivity contribution is -0.123. The number of alkyl carbamates (subject to hydrolysis) is 1. The van der Waals surface area contributed by atoms with Crippen molar-refractivity contribution in [3.05, 3.63) is 71.8 Å². The summed E-state index contributed by atoms with van der Waals surface area (Å²) in [6.07, 6.45) is 0.168. The lowest BCUT2D eigenvalue weighted by Crippen LogP contribution is -2.48. The van der Waals surface area contributed by atoms with Crippen LogP contribution in [0.2, 0.25) is 0 Å². The summed E-state index contributed by atoms with van der Waals surface area (Å²) in [5.41, 5.74) is 1.80. The molecule has 2 rings (SSSR count). The van der Waals surface area contributed by atoms with Gasteiger partial charge in [0.2, 0.25) is 5.91 Å². The molecular weight excluding hydrogens is 332 g/mol. The van der Waals surface area contributed by atoms with E-state index in [0.29, 0.717) is 19.4 Å². The van der Waals surface area contributed by atoms with Gasteiger partial charge in [0.1, 0.15) is 12.6 Å². The van der Waals surface area contributed by atoms with Gasteiger partial charge in [-0.25, -0.2) is 4.79 Å². The predicted octanol–water partition coefficient (Wildman–Crippen LogP) is 2.02. The third-order valence-corrected chi connectivity index (χ3v) is 3.74. The van der Waals surface area contributed by atoms with E-state index in [2.05, 4.69) is 10.6 Å². The fraction of sp³-hybridized carbons (Fsp3) is 0.300. The maximum Gasteiger partial charge on any atom is 0.408 e. The highest BCUT2D eigenvalue weighted by molar-refractivity contribution is 5.85. The minimum atomic E-state index is -0.751. The SMILES string of the molecule is O=C(N[C@H](Cc1ccccc1)C(=O)NCCCO)OCc1ccccc1. The number of carbonyl (C=O) groups is 2. The lowest BCUT2D eigenvalue weighted by Gasteiger charge is -2.18. The van der Waals surface area contributed by atoms with Gasteiger partial charge in [-0.1, -0.05) is 60.7 Å². The fourth-order valence-electron chi connectivity index (χ4n) is 2.38. The summed E-state index contributed by atoms with van der Waals surface area (Å²) in [5, 5.41) is 14.2. The van der Waals surface area contributed by atoms with E-state index in [1.54, 1.807) is 0 Å². The smallest absolute Gasteiger partial charge is 0.408 e. The maximum atomic E-state index is 12.4. The van der Waals surface area contributed by atoms with Crippen molar-refractivity contribution < 1.29 is 19.4 Å². The number of benzene rings is 2. The molecule has 2 amide bonds. The Kier molecular flexibility index (Phi) is 8.15. The molecule has 0 saturated carbocycles. The number of ether oxygens (including phenoxy) is 1. The average molecular weight is 356 g/mol. The Bertz CT molecular complexity index is 677. The Morgan fingerprint density at radius 2 is 1.58 bits per heavy atom. The number of amides is 2. The van der Waals surface area contributed by atoms with E-state index in [9.17, 15) is 9.59 Å². The number of nitrogens with one attached hydrogen (secondary N) is 2. The molecule has 0 saturated heterocycles. The molecule has 0 aliphatic carbocycles. The quantitative estimate of drug-likeness (QED) is 0.600. The second-order valence-electron chi connectivity index (χ2n) is 5.82. The topological polar surface area (TPSA) is 87.7 Å². The van der Waals surface area contributed by atoms with E-state index >= 15 is 0 Å². The molecule has 2 aromatic carbocycles. The zero-order valence-electron chi connectivity index (χ0n) is 14.6. The number of hydrogen-bond acceptors (Lipinski definition) is 4. The minimum Gasteiger partial charge on any atom is -0.445 e. The van der Waals surface area contributed by atoms with E-state index < -0.39 is 12.1 Å². The average Bonchev–Trinajstić information content (AvgIpc) is 2.67. The summed E-state index contributed by atoms with van der Waals surface area (Å²) in [6, 6.07) is 18.0. The Morgan fingerprint density at radius 1 is 0.962 bits per heavy atom. The zero-order chi connectivity index (χ0) is 18.6. The van der Waals surface area contributed by atoms with Crippen molar-refractivity contribution in [2.45, 2.75) is 25.5 Å². The molecule has 0 unspecified atom stereocenters. The summed E-state index contributed by atoms with van der Waals surface area (Å²) < 4.78 is 5.20. The molecule has 26 heavy (non-hydrogen) atoms.